The van der Waals surface area contributed by atoms with Crippen LogP contribution in [0.25, 0.3) is 33.1 Å². The predicted octanol–water partition coefficient (Wildman–Crippen LogP) is 2.33. The Morgan fingerprint density at radius 2 is 2.00 bits per heavy atom. The highest BCUT2D eigenvalue weighted by atomic mass is 16.3. The summed E-state index contributed by atoms with van der Waals surface area (Å²) in [5, 5.41) is 12.6. The summed E-state index contributed by atoms with van der Waals surface area (Å²) in [6.07, 6.45) is 3.38. The van der Waals surface area contributed by atoms with Gasteiger partial charge in [-0.3, -0.25) is 9.78 Å². The first kappa shape index (κ1) is 16.5. The number of nitrogens with one attached hydrogen (secondary N) is 1. The summed E-state index contributed by atoms with van der Waals surface area (Å²) in [4.78, 5) is 20.6. The standard InChI is InChI=1S/C20H17N3O2.H2O/c1-11(24)15-9-21-10-16-14(15)8-18-19-13(6-7-23(18)20(16)25)12-4-2-3-5-17(12)22-19;/h2-5,8-11,22,24H,6-7H2,1H3;1H2/t11-;/m0./s1. The van der Waals surface area contributed by atoms with Gasteiger partial charge in [0.15, 0.2) is 0 Å². The Kier molecular flexibility index (Phi) is 3.68. The molecule has 1 atom stereocenters. The summed E-state index contributed by atoms with van der Waals surface area (Å²) in [7, 11) is 0. The summed E-state index contributed by atoms with van der Waals surface area (Å²) in [5.41, 5.74) is 4.84. The molecule has 26 heavy (non-hydrogen) atoms. The topological polar surface area (TPSA) is 102 Å². The Hall–Kier alpha value is -2.96. The van der Waals surface area contributed by atoms with E-state index in [-0.39, 0.29) is 11.0 Å². The first-order chi connectivity index (χ1) is 12.1. The number of pyridine rings is 2. The fraction of sp³-hybridized carbons (Fsp3) is 0.200. The molecule has 1 aliphatic rings. The molecule has 0 bridgehead atoms. The number of para-hydroxylation sites is 1. The van der Waals surface area contributed by atoms with Gasteiger partial charge >= 0.3 is 0 Å². The Labute approximate surface area is 149 Å². The molecule has 0 spiro atoms. The van der Waals surface area contributed by atoms with Crippen LogP contribution in [-0.2, 0) is 13.0 Å². The molecule has 0 amide bonds. The highest BCUT2D eigenvalue weighted by Gasteiger charge is 2.23. The molecule has 4 aromatic rings. The average molecular weight is 349 g/mol. The largest absolute Gasteiger partial charge is 0.412 e. The molecule has 4 N–H and O–H groups in total. The zero-order valence-electron chi connectivity index (χ0n) is 14.3. The second-order valence-electron chi connectivity index (χ2n) is 6.63. The van der Waals surface area contributed by atoms with Crippen molar-refractivity contribution < 1.29 is 10.6 Å². The minimum Gasteiger partial charge on any atom is -0.412 e. The summed E-state index contributed by atoms with van der Waals surface area (Å²) >= 11 is 0. The van der Waals surface area contributed by atoms with E-state index in [0.29, 0.717) is 17.5 Å². The molecule has 1 aliphatic heterocycles. The summed E-state index contributed by atoms with van der Waals surface area (Å²) in [6, 6.07) is 10.2. The number of aromatic nitrogens is 3. The van der Waals surface area contributed by atoms with Gasteiger partial charge in [0, 0.05) is 35.4 Å². The van der Waals surface area contributed by atoms with Crippen LogP contribution in [0.5, 0.6) is 0 Å². The monoisotopic (exact) mass is 349 g/mol. The highest BCUT2D eigenvalue weighted by Crippen LogP contribution is 2.35. The molecular formula is C20H19N3O3. The van der Waals surface area contributed by atoms with Crippen molar-refractivity contribution in [2.24, 2.45) is 0 Å². The third-order valence-electron chi connectivity index (χ3n) is 5.17. The van der Waals surface area contributed by atoms with E-state index in [4.69, 9.17) is 0 Å². The average Bonchev–Trinajstić information content (AvgIpc) is 3.00. The van der Waals surface area contributed by atoms with Gasteiger partial charge in [0.2, 0.25) is 0 Å². The van der Waals surface area contributed by atoms with Crippen LogP contribution >= 0.6 is 0 Å². The summed E-state index contributed by atoms with van der Waals surface area (Å²) in [6.45, 7) is 2.35. The number of aliphatic hydroxyl groups is 1. The van der Waals surface area contributed by atoms with Crippen molar-refractivity contribution in [3.8, 4) is 11.4 Å². The van der Waals surface area contributed by atoms with Crippen LogP contribution < -0.4 is 5.56 Å². The van der Waals surface area contributed by atoms with Gasteiger partial charge in [-0.2, -0.15) is 0 Å². The van der Waals surface area contributed by atoms with Crippen LogP contribution in [0.2, 0.25) is 0 Å². The minimum atomic E-state index is -0.676. The maximum atomic E-state index is 13.0. The van der Waals surface area contributed by atoms with Crippen molar-refractivity contribution in [1.82, 2.24) is 14.5 Å². The van der Waals surface area contributed by atoms with Crippen molar-refractivity contribution in [2.45, 2.75) is 26.0 Å². The van der Waals surface area contributed by atoms with Crippen molar-refractivity contribution in [3.05, 3.63) is 64.2 Å². The van der Waals surface area contributed by atoms with Crippen molar-refractivity contribution >= 4 is 21.7 Å². The number of H-pyrrole nitrogens is 1. The number of benzene rings is 1. The Morgan fingerprint density at radius 3 is 2.81 bits per heavy atom. The molecule has 0 unspecified atom stereocenters. The molecule has 3 aromatic heterocycles. The lowest BCUT2D eigenvalue weighted by Crippen LogP contribution is -2.26. The van der Waals surface area contributed by atoms with Crippen LogP contribution in [0.1, 0.15) is 24.2 Å². The molecule has 1 aromatic carbocycles. The summed E-state index contributed by atoms with van der Waals surface area (Å²) in [5.74, 6) is 0. The molecule has 4 heterocycles. The Morgan fingerprint density at radius 1 is 1.19 bits per heavy atom. The van der Waals surface area contributed by atoms with E-state index >= 15 is 0 Å². The van der Waals surface area contributed by atoms with E-state index in [0.717, 1.165) is 28.7 Å². The predicted molar refractivity (Wildman–Crippen MR) is 101 cm³/mol. The van der Waals surface area contributed by atoms with E-state index in [9.17, 15) is 9.90 Å². The van der Waals surface area contributed by atoms with Crippen LogP contribution in [-0.4, -0.2) is 25.1 Å². The van der Waals surface area contributed by atoms with Gasteiger partial charge in [-0.05, 0) is 36.4 Å². The van der Waals surface area contributed by atoms with Gasteiger partial charge in [0.1, 0.15) is 0 Å². The Bertz CT molecular complexity index is 1200. The molecule has 0 saturated carbocycles. The number of hydrogen-bond donors (Lipinski definition) is 2. The first-order valence-corrected chi connectivity index (χ1v) is 8.44. The number of nitrogens with zero attached hydrogens (tertiary/aromatic N) is 2. The van der Waals surface area contributed by atoms with E-state index in [2.05, 4.69) is 22.1 Å². The maximum Gasteiger partial charge on any atom is 0.260 e. The van der Waals surface area contributed by atoms with Crippen molar-refractivity contribution in [1.29, 1.82) is 0 Å². The third-order valence-corrected chi connectivity index (χ3v) is 5.17. The van der Waals surface area contributed by atoms with E-state index < -0.39 is 6.10 Å². The Balaban J connectivity index is 0.00000168. The smallest absolute Gasteiger partial charge is 0.260 e. The lowest BCUT2D eigenvalue weighted by Gasteiger charge is -2.21. The van der Waals surface area contributed by atoms with Crippen molar-refractivity contribution in [3.63, 3.8) is 0 Å². The maximum absolute atomic E-state index is 13.0. The molecule has 5 rings (SSSR count). The van der Waals surface area contributed by atoms with Crippen LogP contribution in [0.15, 0.2) is 47.5 Å². The second kappa shape index (κ2) is 5.79. The van der Waals surface area contributed by atoms with E-state index in [1.54, 1.807) is 19.3 Å². The zero-order chi connectivity index (χ0) is 17.1. The molecule has 0 aliphatic carbocycles. The van der Waals surface area contributed by atoms with Gasteiger partial charge in [0.25, 0.3) is 5.56 Å². The second-order valence-corrected chi connectivity index (χ2v) is 6.63. The molecule has 0 saturated heterocycles. The highest BCUT2D eigenvalue weighted by molar-refractivity contribution is 5.93. The molecule has 132 valence electrons. The molecular weight excluding hydrogens is 330 g/mol. The number of aromatic amines is 1. The SMILES string of the molecule is C[C@H](O)c1cncc2c(=O)n3c(cc12)-c1[nH]c2ccccc2c1CC3.O. The van der Waals surface area contributed by atoms with Crippen LogP contribution in [0, 0.1) is 0 Å². The number of aryl methyl sites for hydroxylation is 1. The molecule has 0 fully saturated rings. The van der Waals surface area contributed by atoms with Crippen LogP contribution in [0.3, 0.4) is 0 Å². The number of hydrogen-bond acceptors (Lipinski definition) is 3. The zero-order valence-corrected chi connectivity index (χ0v) is 14.3. The van der Waals surface area contributed by atoms with Gasteiger partial charge in [0.05, 0.1) is 22.9 Å². The van der Waals surface area contributed by atoms with Gasteiger partial charge in [-0.15, -0.1) is 0 Å². The van der Waals surface area contributed by atoms with E-state index in [1.807, 2.05) is 22.8 Å². The molecule has 6 heteroatoms. The number of rotatable bonds is 1. The lowest BCUT2D eigenvalue weighted by atomic mass is 9.98. The normalized spacial score (nSPS) is 13.9. The van der Waals surface area contributed by atoms with Gasteiger partial charge < -0.3 is 20.1 Å². The quantitative estimate of drug-likeness (QED) is 0.551. The van der Waals surface area contributed by atoms with Gasteiger partial charge in [-0.1, -0.05) is 18.2 Å². The lowest BCUT2D eigenvalue weighted by molar-refractivity contribution is 0.200. The summed E-state index contributed by atoms with van der Waals surface area (Å²) < 4.78 is 1.81. The fourth-order valence-electron chi connectivity index (χ4n) is 3.95. The number of aliphatic hydroxyl groups excluding tert-OH is 1. The minimum absolute atomic E-state index is 0. The first-order valence-electron chi connectivity index (χ1n) is 8.44. The third kappa shape index (κ3) is 2.13. The van der Waals surface area contributed by atoms with Crippen LogP contribution in [0.4, 0.5) is 0 Å². The molecule has 0 radical (unpaired) electrons. The number of fused-ring (bicyclic) bond motifs is 6. The van der Waals surface area contributed by atoms with Crippen molar-refractivity contribution in [2.75, 3.05) is 0 Å². The van der Waals surface area contributed by atoms with Gasteiger partial charge in [-0.25, -0.2) is 0 Å². The molecule has 6 nitrogen and oxygen atoms in total. The van der Waals surface area contributed by atoms with E-state index in [1.165, 1.54) is 10.9 Å². The fourth-order valence-corrected chi connectivity index (χ4v) is 3.95.